The molecule has 1 spiro atoms. The molecule has 4 aliphatic carbocycles. The zero-order valence-corrected chi connectivity index (χ0v) is 48.2. The topological polar surface area (TPSA) is 6.48 Å². The molecular formula is C84H58N2. The minimum Gasteiger partial charge on any atom is -0.310 e. The predicted octanol–water partition coefficient (Wildman–Crippen LogP) is 21.9. The Kier molecular flexibility index (Phi) is 10.2. The molecule has 2 unspecified atom stereocenters. The highest BCUT2D eigenvalue weighted by Crippen LogP contribution is 2.68. The highest BCUT2D eigenvalue weighted by molar-refractivity contribution is 6.05. The fourth-order valence-electron chi connectivity index (χ4n) is 16.4. The number of anilines is 6. The molecule has 404 valence electrons. The molecule has 1 heterocycles. The largest absolute Gasteiger partial charge is 0.310 e. The summed E-state index contributed by atoms with van der Waals surface area (Å²) >= 11 is 0. The van der Waals surface area contributed by atoms with Gasteiger partial charge in [-0.1, -0.05) is 244 Å². The third-order valence-corrected chi connectivity index (χ3v) is 20.3. The van der Waals surface area contributed by atoms with Gasteiger partial charge < -0.3 is 9.80 Å². The average molecular weight is 1100 g/mol. The van der Waals surface area contributed by atoms with Gasteiger partial charge in [-0.3, -0.25) is 0 Å². The van der Waals surface area contributed by atoms with E-state index in [9.17, 15) is 0 Å². The molecule has 0 amide bonds. The Morgan fingerprint density at radius 3 is 1.42 bits per heavy atom. The lowest BCUT2D eigenvalue weighted by molar-refractivity contribution is 0.660. The number of nitrogens with zero attached hydrogens (tertiary/aromatic N) is 2. The Hall–Kier alpha value is -10.5. The smallest absolute Gasteiger partial charge is 0.0728 e. The van der Waals surface area contributed by atoms with Crippen LogP contribution in [0, 0.1) is 0 Å². The third kappa shape index (κ3) is 6.56. The molecular weight excluding hydrogens is 1040 g/mol. The summed E-state index contributed by atoms with van der Waals surface area (Å²) in [6, 6.07) is 113. The first kappa shape index (κ1) is 48.9. The van der Waals surface area contributed by atoms with Crippen molar-refractivity contribution in [3.05, 3.63) is 347 Å². The molecule has 13 aromatic rings. The molecule has 0 radical (unpaired) electrons. The molecule has 0 aromatic heterocycles. The second-order valence-corrected chi connectivity index (χ2v) is 24.8. The first-order valence-corrected chi connectivity index (χ1v) is 30.3. The molecule has 1 aliphatic heterocycles. The second kappa shape index (κ2) is 18.0. The van der Waals surface area contributed by atoms with Gasteiger partial charge in [-0.05, 0) is 196 Å². The van der Waals surface area contributed by atoms with Crippen LogP contribution in [-0.2, 0) is 16.2 Å². The Labute approximate surface area is 503 Å². The van der Waals surface area contributed by atoms with E-state index in [1.165, 1.54) is 122 Å². The van der Waals surface area contributed by atoms with Gasteiger partial charge in [0.2, 0.25) is 0 Å². The van der Waals surface area contributed by atoms with Gasteiger partial charge in [0.15, 0.2) is 0 Å². The van der Waals surface area contributed by atoms with Crippen LogP contribution >= 0.6 is 0 Å². The van der Waals surface area contributed by atoms with Gasteiger partial charge in [0.25, 0.3) is 0 Å². The normalized spacial score (nSPS) is 16.9. The summed E-state index contributed by atoms with van der Waals surface area (Å²) in [5, 5.41) is 0. The first-order chi connectivity index (χ1) is 42.3. The molecule has 2 nitrogen and oxygen atoms in total. The van der Waals surface area contributed by atoms with Crippen LogP contribution < -0.4 is 9.80 Å². The minimum absolute atomic E-state index is 0.196. The van der Waals surface area contributed by atoms with Crippen LogP contribution in [0.2, 0.25) is 0 Å². The van der Waals surface area contributed by atoms with Crippen molar-refractivity contribution in [1.29, 1.82) is 0 Å². The quantitative estimate of drug-likeness (QED) is 0.164. The van der Waals surface area contributed by atoms with Gasteiger partial charge in [-0.15, -0.1) is 0 Å². The zero-order valence-electron chi connectivity index (χ0n) is 48.2. The predicted molar refractivity (Wildman–Crippen MR) is 357 cm³/mol. The van der Waals surface area contributed by atoms with E-state index in [0.717, 1.165) is 39.7 Å². The molecule has 0 saturated carbocycles. The molecule has 13 aromatic carbocycles. The Morgan fingerprint density at radius 1 is 0.267 bits per heavy atom. The molecule has 6 bridgehead atoms. The summed E-state index contributed by atoms with van der Waals surface area (Å²) in [7, 11) is 0. The lowest BCUT2D eigenvalue weighted by Crippen LogP contribution is -2.32. The highest BCUT2D eigenvalue weighted by Gasteiger charge is 2.56. The van der Waals surface area contributed by atoms with Gasteiger partial charge in [-0.2, -0.15) is 0 Å². The van der Waals surface area contributed by atoms with Crippen LogP contribution in [0.4, 0.5) is 34.1 Å². The Balaban J connectivity index is 0.961. The van der Waals surface area contributed by atoms with Crippen molar-refractivity contribution in [2.45, 2.75) is 37.0 Å². The highest BCUT2D eigenvalue weighted by atomic mass is 15.2. The molecule has 0 fully saturated rings. The number of rotatable bonds is 6. The first-order valence-electron chi connectivity index (χ1n) is 30.3. The van der Waals surface area contributed by atoms with Gasteiger partial charge in [-0.25, -0.2) is 0 Å². The molecule has 0 N–H and O–H groups in total. The maximum absolute atomic E-state index is 2.55. The van der Waals surface area contributed by atoms with E-state index in [0.29, 0.717) is 0 Å². The maximum Gasteiger partial charge on any atom is 0.0728 e. The van der Waals surface area contributed by atoms with Crippen LogP contribution in [0.25, 0.3) is 77.9 Å². The summed E-state index contributed by atoms with van der Waals surface area (Å²) in [5.41, 5.74) is 34.7. The van der Waals surface area contributed by atoms with Crippen LogP contribution in [0.5, 0.6) is 0 Å². The molecule has 2 atom stereocenters. The van der Waals surface area contributed by atoms with Crippen molar-refractivity contribution in [2.24, 2.45) is 0 Å². The van der Waals surface area contributed by atoms with Crippen molar-refractivity contribution in [2.75, 3.05) is 9.80 Å². The second-order valence-electron chi connectivity index (χ2n) is 24.8. The van der Waals surface area contributed by atoms with E-state index in [1.807, 2.05) is 0 Å². The molecule has 86 heavy (non-hydrogen) atoms. The van der Waals surface area contributed by atoms with Crippen molar-refractivity contribution in [3.63, 3.8) is 0 Å². The third-order valence-electron chi connectivity index (χ3n) is 20.3. The fraction of sp³-hybridized carbons (Fsp3) is 0.0714. The number of benzene rings is 13. The Bertz CT molecular complexity index is 4970. The van der Waals surface area contributed by atoms with Gasteiger partial charge >= 0.3 is 0 Å². The van der Waals surface area contributed by atoms with Crippen molar-refractivity contribution in [3.8, 4) is 77.9 Å². The minimum atomic E-state index is -0.622. The molecule has 0 saturated heterocycles. The zero-order chi connectivity index (χ0) is 57.0. The Morgan fingerprint density at radius 2 is 0.721 bits per heavy atom. The van der Waals surface area contributed by atoms with E-state index in [1.54, 1.807) is 0 Å². The maximum atomic E-state index is 2.55. The van der Waals surface area contributed by atoms with Crippen molar-refractivity contribution >= 4 is 34.1 Å². The fourth-order valence-corrected chi connectivity index (χ4v) is 16.4. The lowest BCUT2D eigenvalue weighted by Gasteiger charge is -2.38. The number of hydrogen-bond acceptors (Lipinski definition) is 2. The van der Waals surface area contributed by atoms with E-state index in [-0.39, 0.29) is 5.41 Å². The molecule has 5 aliphatic rings. The average Bonchev–Trinajstić information content (AvgIpc) is 1.50. The molecule has 18 rings (SSSR count). The van der Waals surface area contributed by atoms with Gasteiger partial charge in [0, 0.05) is 44.8 Å². The van der Waals surface area contributed by atoms with E-state index >= 15 is 0 Å². The van der Waals surface area contributed by atoms with Crippen LogP contribution in [0.15, 0.2) is 297 Å². The van der Waals surface area contributed by atoms with Crippen molar-refractivity contribution < 1.29 is 0 Å². The summed E-state index contributed by atoms with van der Waals surface area (Å²) in [4.78, 5) is 5.05. The summed E-state index contributed by atoms with van der Waals surface area (Å²) in [6.45, 7) is 7.29. The number of fused-ring (bicyclic) bond motifs is 13. The van der Waals surface area contributed by atoms with Crippen LogP contribution in [0.3, 0.4) is 0 Å². The van der Waals surface area contributed by atoms with E-state index in [2.05, 4.69) is 328 Å². The molecule has 2 heteroatoms. The summed E-state index contributed by atoms with van der Waals surface area (Å²) < 4.78 is 0. The van der Waals surface area contributed by atoms with Crippen molar-refractivity contribution in [1.82, 2.24) is 0 Å². The number of hydrogen-bond donors (Lipinski definition) is 0. The van der Waals surface area contributed by atoms with Gasteiger partial charge in [0.1, 0.15) is 0 Å². The van der Waals surface area contributed by atoms with Crippen LogP contribution in [0.1, 0.15) is 70.8 Å². The van der Waals surface area contributed by atoms with Crippen LogP contribution in [-0.4, -0.2) is 0 Å². The lowest BCUT2D eigenvalue weighted by atomic mass is 9.63. The van der Waals surface area contributed by atoms with E-state index < -0.39 is 10.8 Å². The summed E-state index contributed by atoms with van der Waals surface area (Å²) in [6.07, 6.45) is 0. The standard InChI is InChI=1S/C84H58N2/c1-82(2)71-30-14-10-24-62(71)65-47-44-60(51-77(65)82)85(57-40-36-55(37-41-57)53-20-6-4-7-21-53)59-46-49-79-70(50-59)67-28-18-34-75-80(67)69-27-13-17-33-74(69)84(75)73-32-16-12-26-64(73)68-29-19-35-76(81(68)84)83(3)72-31-15-11-25-63(72)66-48-45-61(52-78(66)83)86(79)58-42-38-56(39-43-58)54-22-8-5-9-23-54/h4-52H,1-3H3. The summed E-state index contributed by atoms with van der Waals surface area (Å²) in [5.74, 6) is 0. The monoisotopic (exact) mass is 1090 g/mol. The van der Waals surface area contributed by atoms with E-state index in [4.69, 9.17) is 0 Å². The van der Waals surface area contributed by atoms with Gasteiger partial charge in [0.05, 0.1) is 11.1 Å². The SMILES string of the molecule is CC1(C)c2ccccc2-c2ccc(N(c3ccc(-c4ccccc4)cc3)c3ccc4c(c3)-c3cccc5c3-c3ccccc3C53c5ccccc5-c5cccc(c53)C3(C)c5ccccc5-c5ccc(cc53)N4c3ccc(-c4ccccc4)cc3)cc21.